The lowest BCUT2D eigenvalue weighted by Crippen LogP contribution is -2.12. The monoisotopic (exact) mass is 242 g/mol. The minimum absolute atomic E-state index is 0.152. The van der Waals surface area contributed by atoms with E-state index in [0.717, 1.165) is 0 Å². The van der Waals surface area contributed by atoms with Crippen molar-refractivity contribution in [2.24, 2.45) is 5.92 Å². The molecule has 0 saturated heterocycles. The summed E-state index contributed by atoms with van der Waals surface area (Å²) in [5.74, 6) is -0.384. The molecule has 0 aliphatic carbocycles. The summed E-state index contributed by atoms with van der Waals surface area (Å²) in [7, 11) is 0. The van der Waals surface area contributed by atoms with E-state index in [1.54, 1.807) is 44.2 Å². The van der Waals surface area contributed by atoms with Crippen molar-refractivity contribution < 1.29 is 14.0 Å². The van der Waals surface area contributed by atoms with Crippen LogP contribution in [-0.2, 0) is 0 Å². The van der Waals surface area contributed by atoms with Gasteiger partial charge in [-0.2, -0.15) is 0 Å². The summed E-state index contributed by atoms with van der Waals surface area (Å²) >= 11 is 0. The Balaban J connectivity index is 2.39. The Morgan fingerprint density at radius 1 is 1.06 bits per heavy atom. The predicted molar refractivity (Wildman–Crippen MR) is 67.8 cm³/mol. The highest BCUT2D eigenvalue weighted by Crippen LogP contribution is 2.19. The zero-order chi connectivity index (χ0) is 13.1. The third-order valence-corrected chi connectivity index (χ3v) is 2.69. The van der Waals surface area contributed by atoms with Gasteiger partial charge in [0.05, 0.1) is 11.8 Å². The lowest BCUT2D eigenvalue weighted by Gasteiger charge is -2.04. The molecule has 0 saturated carbocycles. The second kappa shape index (κ2) is 5.00. The number of hydrogen-bond donors (Lipinski definition) is 0. The number of furan rings is 1. The van der Waals surface area contributed by atoms with Gasteiger partial charge in [-0.05, 0) is 6.07 Å². The summed E-state index contributed by atoms with van der Waals surface area (Å²) in [6, 6.07) is 10.4. The Morgan fingerprint density at radius 2 is 1.72 bits per heavy atom. The standard InChI is InChI=1S/C15H14O3/c1-10(2)13(16)15-12(8-9-18-15)14(17)11-6-4-3-5-7-11/h3-10H,1-2H3. The van der Waals surface area contributed by atoms with Crippen LogP contribution in [0.5, 0.6) is 0 Å². The van der Waals surface area contributed by atoms with E-state index in [1.807, 2.05) is 6.07 Å². The van der Waals surface area contributed by atoms with E-state index in [2.05, 4.69) is 0 Å². The van der Waals surface area contributed by atoms with Crippen LogP contribution in [0.4, 0.5) is 0 Å². The van der Waals surface area contributed by atoms with Crippen LogP contribution in [0.3, 0.4) is 0 Å². The van der Waals surface area contributed by atoms with Crippen molar-refractivity contribution in [2.75, 3.05) is 0 Å². The highest BCUT2D eigenvalue weighted by molar-refractivity contribution is 6.14. The van der Waals surface area contributed by atoms with E-state index in [1.165, 1.54) is 6.26 Å². The molecular weight excluding hydrogens is 228 g/mol. The summed E-state index contributed by atoms with van der Waals surface area (Å²) in [4.78, 5) is 24.2. The molecule has 0 atom stereocenters. The molecule has 0 fully saturated rings. The average Bonchev–Trinajstić information content (AvgIpc) is 2.87. The topological polar surface area (TPSA) is 47.3 Å². The molecule has 0 aliphatic rings. The molecule has 3 heteroatoms. The SMILES string of the molecule is CC(C)C(=O)c1occc1C(=O)c1ccccc1. The molecule has 18 heavy (non-hydrogen) atoms. The van der Waals surface area contributed by atoms with Gasteiger partial charge in [0.15, 0.2) is 11.5 Å². The molecule has 2 aromatic rings. The van der Waals surface area contributed by atoms with Crippen LogP contribution in [-0.4, -0.2) is 11.6 Å². The summed E-state index contributed by atoms with van der Waals surface area (Å²) in [6.07, 6.45) is 1.38. The number of benzene rings is 1. The molecule has 0 unspecified atom stereocenters. The minimum Gasteiger partial charge on any atom is -0.460 e. The van der Waals surface area contributed by atoms with Gasteiger partial charge in [-0.3, -0.25) is 9.59 Å². The van der Waals surface area contributed by atoms with Crippen molar-refractivity contribution in [3.8, 4) is 0 Å². The summed E-state index contributed by atoms with van der Waals surface area (Å²) in [6.45, 7) is 3.56. The lowest BCUT2D eigenvalue weighted by atomic mass is 9.99. The van der Waals surface area contributed by atoms with E-state index in [4.69, 9.17) is 4.42 Å². The third kappa shape index (κ3) is 2.25. The van der Waals surface area contributed by atoms with Gasteiger partial charge < -0.3 is 4.42 Å². The van der Waals surface area contributed by atoms with Crippen molar-refractivity contribution in [1.29, 1.82) is 0 Å². The number of hydrogen-bond acceptors (Lipinski definition) is 3. The van der Waals surface area contributed by atoms with Gasteiger partial charge in [-0.15, -0.1) is 0 Å². The molecule has 2 rings (SSSR count). The minimum atomic E-state index is -0.196. The van der Waals surface area contributed by atoms with Crippen LogP contribution in [0.15, 0.2) is 47.1 Å². The number of Topliss-reactive ketones (excluding diaryl/α,β-unsaturated/α-hetero) is 1. The number of ketones is 2. The van der Waals surface area contributed by atoms with Gasteiger partial charge in [-0.25, -0.2) is 0 Å². The lowest BCUT2D eigenvalue weighted by molar-refractivity contribution is 0.0901. The summed E-state index contributed by atoms with van der Waals surface area (Å²) < 4.78 is 5.16. The number of carbonyl (C=O) groups excluding carboxylic acids is 2. The molecule has 0 N–H and O–H groups in total. The first kappa shape index (κ1) is 12.3. The Bertz CT molecular complexity index is 564. The van der Waals surface area contributed by atoms with Gasteiger partial charge in [0.2, 0.25) is 5.78 Å². The van der Waals surface area contributed by atoms with Gasteiger partial charge in [0.1, 0.15) is 0 Å². The first-order valence-corrected chi connectivity index (χ1v) is 5.82. The van der Waals surface area contributed by atoms with Crippen molar-refractivity contribution in [3.05, 3.63) is 59.5 Å². The van der Waals surface area contributed by atoms with Gasteiger partial charge in [-0.1, -0.05) is 44.2 Å². The second-order valence-corrected chi connectivity index (χ2v) is 4.38. The smallest absolute Gasteiger partial charge is 0.201 e. The molecule has 0 radical (unpaired) electrons. The molecule has 0 bridgehead atoms. The Hall–Kier alpha value is -2.16. The van der Waals surface area contributed by atoms with E-state index in [-0.39, 0.29) is 23.2 Å². The maximum absolute atomic E-state index is 12.2. The fourth-order valence-corrected chi connectivity index (χ4v) is 1.69. The Kier molecular flexibility index (Phi) is 3.42. The molecule has 1 heterocycles. The van der Waals surface area contributed by atoms with E-state index in [9.17, 15) is 9.59 Å². The predicted octanol–water partition coefficient (Wildman–Crippen LogP) is 3.35. The van der Waals surface area contributed by atoms with E-state index in [0.29, 0.717) is 11.1 Å². The Morgan fingerprint density at radius 3 is 2.33 bits per heavy atom. The second-order valence-electron chi connectivity index (χ2n) is 4.38. The van der Waals surface area contributed by atoms with Gasteiger partial charge in [0, 0.05) is 11.5 Å². The highest BCUT2D eigenvalue weighted by atomic mass is 16.3. The maximum Gasteiger partial charge on any atom is 0.201 e. The molecule has 0 aliphatic heterocycles. The van der Waals surface area contributed by atoms with Crippen molar-refractivity contribution in [2.45, 2.75) is 13.8 Å². The first-order chi connectivity index (χ1) is 8.61. The van der Waals surface area contributed by atoms with Crippen molar-refractivity contribution in [3.63, 3.8) is 0 Å². The van der Waals surface area contributed by atoms with Crippen molar-refractivity contribution in [1.82, 2.24) is 0 Å². The number of carbonyl (C=O) groups is 2. The van der Waals surface area contributed by atoms with Crippen LogP contribution < -0.4 is 0 Å². The summed E-state index contributed by atoms with van der Waals surface area (Å²) in [5.41, 5.74) is 0.886. The zero-order valence-electron chi connectivity index (χ0n) is 10.3. The quantitative estimate of drug-likeness (QED) is 0.772. The highest BCUT2D eigenvalue weighted by Gasteiger charge is 2.23. The summed E-state index contributed by atoms with van der Waals surface area (Å²) in [5, 5.41) is 0. The molecule has 0 amide bonds. The molecule has 92 valence electrons. The van der Waals surface area contributed by atoms with Crippen LogP contribution >= 0.6 is 0 Å². The zero-order valence-corrected chi connectivity index (χ0v) is 10.3. The largest absolute Gasteiger partial charge is 0.460 e. The average molecular weight is 242 g/mol. The number of rotatable bonds is 4. The maximum atomic E-state index is 12.2. The van der Waals surface area contributed by atoms with Gasteiger partial charge >= 0.3 is 0 Å². The van der Waals surface area contributed by atoms with Crippen LogP contribution in [0.2, 0.25) is 0 Å². The molecule has 3 nitrogen and oxygen atoms in total. The molecule has 0 spiro atoms. The first-order valence-electron chi connectivity index (χ1n) is 5.82. The van der Waals surface area contributed by atoms with Gasteiger partial charge in [0.25, 0.3) is 0 Å². The van der Waals surface area contributed by atoms with Crippen LogP contribution in [0, 0.1) is 5.92 Å². The fourth-order valence-electron chi connectivity index (χ4n) is 1.69. The Labute approximate surface area is 105 Å². The van der Waals surface area contributed by atoms with E-state index < -0.39 is 0 Å². The normalized spacial score (nSPS) is 10.6. The fraction of sp³-hybridized carbons (Fsp3) is 0.200. The third-order valence-electron chi connectivity index (χ3n) is 2.69. The van der Waals surface area contributed by atoms with Crippen LogP contribution in [0.25, 0.3) is 0 Å². The van der Waals surface area contributed by atoms with Crippen molar-refractivity contribution >= 4 is 11.6 Å². The van der Waals surface area contributed by atoms with E-state index >= 15 is 0 Å². The molecular formula is C15H14O3. The molecule has 1 aromatic heterocycles. The molecule has 1 aromatic carbocycles. The van der Waals surface area contributed by atoms with Crippen LogP contribution in [0.1, 0.15) is 40.3 Å².